The molecule has 1 fully saturated rings. The topological polar surface area (TPSA) is 49.4 Å². The highest BCUT2D eigenvalue weighted by molar-refractivity contribution is 9.10. The molecule has 0 aromatic heterocycles. The van der Waals surface area contributed by atoms with Gasteiger partial charge in [0.2, 0.25) is 0 Å². The Morgan fingerprint density at radius 2 is 1.94 bits per heavy atom. The smallest absolute Gasteiger partial charge is 0.290 e. The van der Waals surface area contributed by atoms with Crippen molar-refractivity contribution in [2.45, 2.75) is 5.37 Å². The van der Waals surface area contributed by atoms with Crippen molar-refractivity contribution in [2.24, 2.45) is 0 Å². The van der Waals surface area contributed by atoms with Crippen LogP contribution in [0, 0.1) is 0 Å². The molecular weight excluding hydrogens is 292 g/mol. The summed E-state index contributed by atoms with van der Waals surface area (Å²) in [6.45, 7) is 0. The van der Waals surface area contributed by atoms with E-state index in [0.29, 0.717) is 0 Å². The molecule has 0 saturated carbocycles. The number of likely N-dealkylation sites (N-methyl/N-ethyl adjacent to an activating group) is 1. The van der Waals surface area contributed by atoms with Gasteiger partial charge >= 0.3 is 0 Å². The van der Waals surface area contributed by atoms with Gasteiger partial charge in [0, 0.05) is 17.2 Å². The summed E-state index contributed by atoms with van der Waals surface area (Å²) in [5.41, 5.74) is 0.817. The van der Waals surface area contributed by atoms with E-state index in [0.717, 1.165) is 26.8 Å². The van der Waals surface area contributed by atoms with Crippen molar-refractivity contribution >= 4 is 44.5 Å². The van der Waals surface area contributed by atoms with Gasteiger partial charge in [-0.05, 0) is 36.0 Å². The first-order chi connectivity index (χ1) is 7.58. The predicted octanol–water partition coefficient (Wildman–Crippen LogP) is 2.51. The lowest BCUT2D eigenvalue weighted by Gasteiger charge is -2.11. The van der Waals surface area contributed by atoms with E-state index >= 15 is 0 Å². The van der Waals surface area contributed by atoms with Crippen LogP contribution >= 0.6 is 27.7 Å². The van der Waals surface area contributed by atoms with Gasteiger partial charge in [-0.1, -0.05) is 15.9 Å². The number of rotatable bonds is 2. The van der Waals surface area contributed by atoms with Crippen LogP contribution in [0.5, 0.6) is 0 Å². The van der Waals surface area contributed by atoms with Crippen LogP contribution < -0.4 is 5.32 Å². The zero-order valence-electron chi connectivity index (χ0n) is 8.44. The van der Waals surface area contributed by atoms with Gasteiger partial charge < -0.3 is 5.32 Å². The number of hydrogen-bond donors (Lipinski definition) is 1. The zero-order valence-corrected chi connectivity index (χ0v) is 10.8. The molecular formula is C10H9BrN2O2S. The lowest BCUT2D eigenvalue weighted by atomic mass is 10.3. The standard InChI is InChI=1S/C10H9BrN2O2S/c1-13-9(14)8(16-10(13)15)12-7-4-2-6(11)3-5-7/h2-5,8,12H,1H3. The van der Waals surface area contributed by atoms with Crippen molar-refractivity contribution < 1.29 is 9.59 Å². The molecule has 0 radical (unpaired) electrons. The number of carbonyl (C=O) groups is 2. The lowest BCUT2D eigenvalue weighted by Crippen LogP contribution is -2.31. The first-order valence-corrected chi connectivity index (χ1v) is 6.25. The van der Waals surface area contributed by atoms with Crippen molar-refractivity contribution in [1.29, 1.82) is 0 Å². The lowest BCUT2D eigenvalue weighted by molar-refractivity contribution is -0.125. The van der Waals surface area contributed by atoms with Crippen LogP contribution in [0.25, 0.3) is 0 Å². The third kappa shape index (κ3) is 2.22. The molecule has 16 heavy (non-hydrogen) atoms. The van der Waals surface area contributed by atoms with Gasteiger partial charge in [0.1, 0.15) is 0 Å². The number of nitrogens with zero attached hydrogens (tertiary/aromatic N) is 1. The molecule has 6 heteroatoms. The maximum Gasteiger partial charge on any atom is 0.290 e. The molecule has 0 spiro atoms. The molecule has 2 rings (SSSR count). The second-order valence-corrected chi connectivity index (χ2v) is 5.28. The minimum atomic E-state index is -0.515. The van der Waals surface area contributed by atoms with E-state index in [-0.39, 0.29) is 11.1 Å². The predicted molar refractivity (Wildman–Crippen MR) is 67.3 cm³/mol. The Bertz CT molecular complexity index is 435. The van der Waals surface area contributed by atoms with Crippen LogP contribution in [-0.4, -0.2) is 28.5 Å². The average Bonchev–Trinajstić information content (AvgIpc) is 2.50. The zero-order chi connectivity index (χ0) is 11.7. The molecule has 1 saturated heterocycles. The summed E-state index contributed by atoms with van der Waals surface area (Å²) in [6, 6.07) is 7.44. The number of anilines is 1. The fraction of sp³-hybridized carbons (Fsp3) is 0.200. The number of nitrogens with one attached hydrogen (secondary N) is 1. The molecule has 4 nitrogen and oxygen atoms in total. The molecule has 2 amide bonds. The Balaban J connectivity index is 2.09. The fourth-order valence-corrected chi connectivity index (χ4v) is 2.45. The molecule has 1 heterocycles. The highest BCUT2D eigenvalue weighted by Crippen LogP contribution is 2.27. The number of hydrogen-bond acceptors (Lipinski definition) is 4. The van der Waals surface area contributed by atoms with Crippen molar-refractivity contribution in [1.82, 2.24) is 4.90 Å². The molecule has 0 bridgehead atoms. The Morgan fingerprint density at radius 3 is 2.44 bits per heavy atom. The monoisotopic (exact) mass is 300 g/mol. The van der Waals surface area contributed by atoms with E-state index in [9.17, 15) is 9.59 Å². The van der Waals surface area contributed by atoms with Crippen molar-refractivity contribution in [2.75, 3.05) is 12.4 Å². The first-order valence-electron chi connectivity index (χ1n) is 4.58. The van der Waals surface area contributed by atoms with Gasteiger partial charge in [-0.2, -0.15) is 0 Å². The third-order valence-corrected chi connectivity index (χ3v) is 3.75. The normalized spacial score (nSPS) is 20.4. The van der Waals surface area contributed by atoms with Crippen molar-refractivity contribution in [3.05, 3.63) is 28.7 Å². The molecule has 84 valence electrons. The van der Waals surface area contributed by atoms with Gasteiger partial charge in [0.05, 0.1) is 0 Å². The SMILES string of the molecule is CN1C(=O)SC(Nc2ccc(Br)cc2)C1=O. The van der Waals surface area contributed by atoms with Gasteiger partial charge in [0.25, 0.3) is 11.1 Å². The van der Waals surface area contributed by atoms with Crippen molar-refractivity contribution in [3.8, 4) is 0 Å². The van der Waals surface area contributed by atoms with Crippen LogP contribution in [0.3, 0.4) is 0 Å². The number of halogens is 1. The number of carbonyl (C=O) groups excluding carboxylic acids is 2. The minimum absolute atomic E-state index is 0.210. The summed E-state index contributed by atoms with van der Waals surface area (Å²) in [5, 5.41) is 2.27. The number of benzene rings is 1. The first kappa shape index (κ1) is 11.5. The Morgan fingerprint density at radius 1 is 1.31 bits per heavy atom. The highest BCUT2D eigenvalue weighted by Gasteiger charge is 2.36. The average molecular weight is 301 g/mol. The third-order valence-electron chi connectivity index (χ3n) is 2.19. The van der Waals surface area contributed by atoms with Crippen LogP contribution in [-0.2, 0) is 4.79 Å². The molecule has 1 aliphatic rings. The summed E-state index contributed by atoms with van der Waals surface area (Å²) >= 11 is 4.32. The molecule has 1 aromatic rings. The minimum Gasteiger partial charge on any atom is -0.365 e. The van der Waals surface area contributed by atoms with Gasteiger partial charge in [-0.3, -0.25) is 14.5 Å². The number of thioether (sulfide) groups is 1. The summed E-state index contributed by atoms with van der Waals surface area (Å²) in [7, 11) is 1.49. The summed E-state index contributed by atoms with van der Waals surface area (Å²) in [6.07, 6.45) is 0. The number of amides is 2. The Hall–Kier alpha value is -1.01. The quantitative estimate of drug-likeness (QED) is 0.912. The summed E-state index contributed by atoms with van der Waals surface area (Å²) in [4.78, 5) is 24.0. The largest absolute Gasteiger partial charge is 0.365 e. The van der Waals surface area contributed by atoms with Crippen LogP contribution in [0.1, 0.15) is 0 Å². The van der Waals surface area contributed by atoms with Gasteiger partial charge in [-0.25, -0.2) is 0 Å². The highest BCUT2D eigenvalue weighted by atomic mass is 79.9. The second-order valence-electron chi connectivity index (χ2n) is 3.31. The molecule has 1 unspecified atom stereocenters. The molecule has 1 N–H and O–H groups in total. The van der Waals surface area contributed by atoms with E-state index in [1.165, 1.54) is 7.05 Å². The van der Waals surface area contributed by atoms with E-state index < -0.39 is 5.37 Å². The van der Waals surface area contributed by atoms with Gasteiger partial charge in [0.15, 0.2) is 5.37 Å². The number of imide groups is 1. The van der Waals surface area contributed by atoms with Crippen LogP contribution in [0.2, 0.25) is 0 Å². The summed E-state index contributed by atoms with van der Waals surface area (Å²) in [5.74, 6) is -0.210. The van der Waals surface area contributed by atoms with Crippen LogP contribution in [0.15, 0.2) is 28.7 Å². The van der Waals surface area contributed by atoms with E-state index in [1.54, 1.807) is 0 Å². The van der Waals surface area contributed by atoms with E-state index in [2.05, 4.69) is 21.2 Å². The summed E-state index contributed by atoms with van der Waals surface area (Å²) < 4.78 is 0.969. The maximum atomic E-state index is 11.6. The Kier molecular flexibility index (Phi) is 3.20. The molecule has 0 aliphatic carbocycles. The fourth-order valence-electron chi connectivity index (χ4n) is 1.28. The van der Waals surface area contributed by atoms with E-state index in [1.807, 2.05) is 24.3 Å². The maximum absolute atomic E-state index is 11.6. The second kappa shape index (κ2) is 4.47. The van der Waals surface area contributed by atoms with E-state index in [4.69, 9.17) is 0 Å². The van der Waals surface area contributed by atoms with Gasteiger partial charge in [-0.15, -0.1) is 0 Å². The van der Waals surface area contributed by atoms with Crippen LogP contribution in [0.4, 0.5) is 10.5 Å². The molecule has 1 aromatic carbocycles. The Labute approximate surface area is 106 Å². The molecule has 1 aliphatic heterocycles. The van der Waals surface area contributed by atoms with Crippen molar-refractivity contribution in [3.63, 3.8) is 0 Å². The molecule has 1 atom stereocenters.